The van der Waals surface area contributed by atoms with E-state index in [9.17, 15) is 10.1 Å². The minimum atomic E-state index is -0.425. The maximum atomic E-state index is 12.5. The van der Waals surface area contributed by atoms with Gasteiger partial charge >= 0.3 is 0 Å². The van der Waals surface area contributed by atoms with Crippen molar-refractivity contribution >= 4 is 17.7 Å². The van der Waals surface area contributed by atoms with Crippen molar-refractivity contribution in [3.05, 3.63) is 82.8 Å². The highest BCUT2D eigenvalue weighted by Crippen LogP contribution is 2.22. The maximum absolute atomic E-state index is 12.5. The van der Waals surface area contributed by atoms with Gasteiger partial charge in [-0.25, -0.2) is 4.98 Å². The van der Waals surface area contributed by atoms with Crippen LogP contribution in [0.5, 0.6) is 0 Å². The molecule has 3 aromatic rings. The van der Waals surface area contributed by atoms with Gasteiger partial charge in [-0.3, -0.25) is 4.79 Å². The average molecular weight is 356 g/mol. The topological polar surface area (TPSA) is 70.7 Å². The molecule has 1 N–H and O–H groups in total. The van der Waals surface area contributed by atoms with E-state index in [-0.39, 0.29) is 5.57 Å². The molecule has 134 valence electrons. The molecule has 2 aromatic heterocycles. The van der Waals surface area contributed by atoms with Gasteiger partial charge in [0.25, 0.3) is 5.91 Å². The van der Waals surface area contributed by atoms with Crippen LogP contribution in [0.25, 0.3) is 11.9 Å². The smallest absolute Gasteiger partial charge is 0.266 e. The Kier molecular flexibility index (Phi) is 5.18. The van der Waals surface area contributed by atoms with Crippen LogP contribution in [0.1, 0.15) is 22.5 Å². The van der Waals surface area contributed by atoms with E-state index >= 15 is 0 Å². The van der Waals surface area contributed by atoms with Gasteiger partial charge in [0.2, 0.25) is 0 Å². The summed E-state index contributed by atoms with van der Waals surface area (Å²) >= 11 is 0. The molecule has 0 fully saturated rings. The number of anilines is 1. The number of carbonyl (C=O) groups excluding carboxylic acids is 1. The summed E-state index contributed by atoms with van der Waals surface area (Å²) in [6.45, 7) is 5.86. The second kappa shape index (κ2) is 7.71. The van der Waals surface area contributed by atoms with Crippen LogP contribution >= 0.6 is 0 Å². The molecule has 1 aromatic carbocycles. The monoisotopic (exact) mass is 356 g/mol. The third-order valence-electron chi connectivity index (χ3n) is 4.29. The van der Waals surface area contributed by atoms with E-state index in [4.69, 9.17) is 0 Å². The number of nitrogens with zero attached hydrogens (tertiary/aromatic N) is 3. The first-order valence-electron chi connectivity index (χ1n) is 8.60. The summed E-state index contributed by atoms with van der Waals surface area (Å²) in [5.41, 5.74) is 4.47. The highest BCUT2D eigenvalue weighted by atomic mass is 16.1. The normalized spacial score (nSPS) is 11.1. The molecular formula is C22H20N4O. The molecule has 2 heterocycles. The van der Waals surface area contributed by atoms with Gasteiger partial charge in [0.15, 0.2) is 0 Å². The van der Waals surface area contributed by atoms with Crippen molar-refractivity contribution in [1.29, 1.82) is 5.26 Å². The zero-order chi connectivity index (χ0) is 19.4. The number of nitriles is 1. The van der Waals surface area contributed by atoms with Crippen molar-refractivity contribution in [2.45, 2.75) is 20.8 Å². The summed E-state index contributed by atoms with van der Waals surface area (Å²) in [5, 5.41) is 12.3. The first kappa shape index (κ1) is 18.2. The fourth-order valence-corrected chi connectivity index (χ4v) is 3.00. The van der Waals surface area contributed by atoms with Crippen LogP contribution in [0.4, 0.5) is 5.69 Å². The van der Waals surface area contributed by atoms with Gasteiger partial charge < -0.3 is 9.88 Å². The van der Waals surface area contributed by atoms with E-state index in [2.05, 4.69) is 10.3 Å². The van der Waals surface area contributed by atoms with Crippen molar-refractivity contribution in [3.8, 4) is 11.9 Å². The van der Waals surface area contributed by atoms with Crippen LogP contribution in [-0.4, -0.2) is 15.5 Å². The highest BCUT2D eigenvalue weighted by Gasteiger charge is 2.14. The standard InChI is InChI=1S/C22H20N4O/c1-15-7-6-8-20(11-15)25-22(27)19(14-23)13-18-12-16(2)26(17(18)3)21-9-4-5-10-24-21/h4-13H,1-3H3,(H,25,27)/b19-13-. The number of hydrogen-bond acceptors (Lipinski definition) is 3. The number of amides is 1. The molecule has 0 atom stereocenters. The van der Waals surface area contributed by atoms with Gasteiger partial charge in [-0.15, -0.1) is 0 Å². The molecule has 5 nitrogen and oxygen atoms in total. The fraction of sp³-hybridized carbons (Fsp3) is 0.136. The Balaban J connectivity index is 1.92. The summed E-state index contributed by atoms with van der Waals surface area (Å²) in [5.74, 6) is 0.376. The van der Waals surface area contributed by atoms with Gasteiger partial charge in [-0.05, 0) is 68.3 Å². The second-order valence-corrected chi connectivity index (χ2v) is 6.34. The summed E-state index contributed by atoms with van der Waals surface area (Å²) in [7, 11) is 0. The number of aryl methyl sites for hydroxylation is 2. The van der Waals surface area contributed by atoms with Crippen molar-refractivity contribution in [1.82, 2.24) is 9.55 Å². The molecule has 5 heteroatoms. The minimum Gasteiger partial charge on any atom is -0.321 e. The third kappa shape index (κ3) is 3.96. The molecule has 1 amide bonds. The lowest BCUT2D eigenvalue weighted by Gasteiger charge is -2.08. The van der Waals surface area contributed by atoms with Gasteiger partial charge in [-0.1, -0.05) is 18.2 Å². The number of aromatic nitrogens is 2. The average Bonchev–Trinajstić information content (AvgIpc) is 2.93. The van der Waals surface area contributed by atoms with Gasteiger partial charge in [0.1, 0.15) is 17.5 Å². The molecule has 0 radical (unpaired) electrons. The number of rotatable bonds is 4. The molecule has 0 aliphatic rings. The van der Waals surface area contributed by atoms with E-state index in [1.54, 1.807) is 18.3 Å². The van der Waals surface area contributed by atoms with Crippen LogP contribution in [-0.2, 0) is 4.79 Å². The molecule has 0 saturated heterocycles. The van der Waals surface area contributed by atoms with Crippen molar-refractivity contribution in [2.24, 2.45) is 0 Å². The number of hydrogen-bond donors (Lipinski definition) is 1. The van der Waals surface area contributed by atoms with E-state index < -0.39 is 5.91 Å². The van der Waals surface area contributed by atoms with Crippen molar-refractivity contribution in [3.63, 3.8) is 0 Å². The first-order valence-corrected chi connectivity index (χ1v) is 8.60. The summed E-state index contributed by atoms with van der Waals surface area (Å²) in [6, 6.07) is 17.1. The lowest BCUT2D eigenvalue weighted by Crippen LogP contribution is -2.13. The zero-order valence-corrected chi connectivity index (χ0v) is 15.5. The SMILES string of the molecule is Cc1cccc(NC(=O)/C(C#N)=C\c2cc(C)n(-c3ccccn3)c2C)c1. The first-order chi connectivity index (χ1) is 13.0. The number of benzene rings is 1. The lowest BCUT2D eigenvalue weighted by molar-refractivity contribution is -0.112. The fourth-order valence-electron chi connectivity index (χ4n) is 3.00. The van der Waals surface area contributed by atoms with Crippen LogP contribution in [0.3, 0.4) is 0 Å². The molecule has 27 heavy (non-hydrogen) atoms. The zero-order valence-electron chi connectivity index (χ0n) is 15.5. The molecule has 0 aliphatic heterocycles. The van der Waals surface area contributed by atoms with Crippen LogP contribution in [0.15, 0.2) is 60.3 Å². The minimum absolute atomic E-state index is 0.0535. The van der Waals surface area contributed by atoms with E-state index in [1.807, 2.05) is 73.9 Å². The Morgan fingerprint density at radius 2 is 1.96 bits per heavy atom. The molecule has 0 aliphatic carbocycles. The molecule has 0 unspecified atom stereocenters. The molecule has 0 spiro atoms. The highest BCUT2D eigenvalue weighted by molar-refractivity contribution is 6.09. The maximum Gasteiger partial charge on any atom is 0.266 e. The van der Waals surface area contributed by atoms with Crippen LogP contribution in [0.2, 0.25) is 0 Å². The number of pyridine rings is 1. The Morgan fingerprint density at radius 3 is 2.63 bits per heavy atom. The largest absolute Gasteiger partial charge is 0.321 e. The summed E-state index contributed by atoms with van der Waals surface area (Å²) in [4.78, 5) is 16.9. The quantitative estimate of drug-likeness (QED) is 0.558. The summed E-state index contributed by atoms with van der Waals surface area (Å²) in [6.07, 6.45) is 3.35. The number of carbonyl (C=O) groups is 1. The predicted molar refractivity (Wildman–Crippen MR) is 106 cm³/mol. The Bertz CT molecular complexity index is 1060. The number of nitrogens with one attached hydrogen (secondary N) is 1. The predicted octanol–water partition coefficient (Wildman–Crippen LogP) is 4.34. The van der Waals surface area contributed by atoms with E-state index in [0.29, 0.717) is 5.69 Å². The van der Waals surface area contributed by atoms with Crippen LogP contribution < -0.4 is 5.32 Å². The van der Waals surface area contributed by atoms with Gasteiger partial charge in [-0.2, -0.15) is 5.26 Å². The van der Waals surface area contributed by atoms with Crippen molar-refractivity contribution < 1.29 is 4.79 Å². The second-order valence-electron chi connectivity index (χ2n) is 6.34. The Hall–Kier alpha value is -3.65. The van der Waals surface area contributed by atoms with E-state index in [0.717, 1.165) is 28.3 Å². The Morgan fingerprint density at radius 1 is 1.15 bits per heavy atom. The Labute approximate surface area is 158 Å². The summed E-state index contributed by atoms with van der Waals surface area (Å²) < 4.78 is 2.00. The van der Waals surface area contributed by atoms with Crippen molar-refractivity contribution in [2.75, 3.05) is 5.32 Å². The van der Waals surface area contributed by atoms with Crippen LogP contribution in [0, 0.1) is 32.1 Å². The third-order valence-corrected chi connectivity index (χ3v) is 4.29. The molecule has 0 saturated carbocycles. The molecular weight excluding hydrogens is 336 g/mol. The van der Waals surface area contributed by atoms with E-state index in [1.165, 1.54) is 0 Å². The molecule has 0 bridgehead atoms. The lowest BCUT2D eigenvalue weighted by atomic mass is 10.1. The van der Waals surface area contributed by atoms with Gasteiger partial charge in [0.05, 0.1) is 0 Å². The molecule has 3 rings (SSSR count). The van der Waals surface area contributed by atoms with Gasteiger partial charge in [0, 0.05) is 23.3 Å².